The predicted octanol–water partition coefficient (Wildman–Crippen LogP) is 3.61. The van der Waals surface area contributed by atoms with E-state index in [9.17, 15) is 4.79 Å². The van der Waals surface area contributed by atoms with Gasteiger partial charge in [0.05, 0.1) is 0 Å². The van der Waals surface area contributed by atoms with Crippen LogP contribution >= 0.6 is 11.6 Å². The van der Waals surface area contributed by atoms with E-state index in [-0.39, 0.29) is 5.91 Å². The molecule has 0 fully saturated rings. The fourth-order valence-corrected chi connectivity index (χ4v) is 1.76. The lowest BCUT2D eigenvalue weighted by Crippen LogP contribution is -2.09. The topological polar surface area (TPSA) is 43.1 Å². The van der Waals surface area contributed by atoms with Crippen LogP contribution in [0.2, 0.25) is 0 Å². The van der Waals surface area contributed by atoms with Crippen molar-refractivity contribution in [2.75, 3.05) is 0 Å². The van der Waals surface area contributed by atoms with Crippen molar-refractivity contribution in [3.63, 3.8) is 0 Å². The van der Waals surface area contributed by atoms with Crippen molar-refractivity contribution in [3.05, 3.63) is 0 Å². The second-order valence-corrected chi connectivity index (χ2v) is 5.01. The Morgan fingerprint density at radius 1 is 1.07 bits per heavy atom. The third-order valence-corrected chi connectivity index (χ3v) is 2.74. The van der Waals surface area contributed by atoms with Crippen molar-refractivity contribution in [1.29, 1.82) is 0 Å². The van der Waals surface area contributed by atoms with Crippen LogP contribution in [0.4, 0.5) is 0 Å². The minimum atomic E-state index is -0.175. The van der Waals surface area contributed by atoms with Crippen LogP contribution in [0.15, 0.2) is 0 Å². The Bertz CT molecular complexity index is 160. The predicted molar refractivity (Wildman–Crippen MR) is 66.1 cm³/mol. The number of alkyl halides is 1. The van der Waals surface area contributed by atoms with Crippen molar-refractivity contribution in [1.82, 2.24) is 0 Å². The van der Waals surface area contributed by atoms with Gasteiger partial charge in [0.15, 0.2) is 0 Å². The third kappa shape index (κ3) is 13.8. The number of rotatable bonds is 10. The third-order valence-electron chi connectivity index (χ3n) is 2.53. The molecule has 3 heteroatoms. The normalized spacial score (nSPS) is 12.7. The SMILES string of the molecule is CC(Cl)CCCCCCCCCC(N)=O. The molecule has 1 amide bonds. The number of hydrogen-bond donors (Lipinski definition) is 1. The zero-order valence-electron chi connectivity index (χ0n) is 9.80. The molecule has 90 valence electrons. The molecular formula is C12H24ClNO. The number of primary amides is 1. The number of halogens is 1. The minimum Gasteiger partial charge on any atom is -0.370 e. The molecule has 0 saturated heterocycles. The fraction of sp³-hybridized carbons (Fsp3) is 0.917. The molecule has 0 aliphatic carbocycles. The highest BCUT2D eigenvalue weighted by Crippen LogP contribution is 2.12. The Morgan fingerprint density at radius 2 is 1.53 bits per heavy atom. The molecule has 2 N–H and O–H groups in total. The Labute approximate surface area is 98.6 Å². The monoisotopic (exact) mass is 233 g/mol. The minimum absolute atomic E-state index is 0.175. The summed E-state index contributed by atoms with van der Waals surface area (Å²) in [5.74, 6) is -0.175. The largest absolute Gasteiger partial charge is 0.370 e. The van der Waals surface area contributed by atoms with E-state index in [4.69, 9.17) is 17.3 Å². The molecule has 1 unspecified atom stereocenters. The summed E-state index contributed by atoms with van der Waals surface area (Å²) < 4.78 is 0. The molecule has 0 bridgehead atoms. The summed E-state index contributed by atoms with van der Waals surface area (Å²) in [4.78, 5) is 10.4. The van der Waals surface area contributed by atoms with Crippen molar-refractivity contribution >= 4 is 17.5 Å². The van der Waals surface area contributed by atoms with Gasteiger partial charge in [-0.1, -0.05) is 38.5 Å². The summed E-state index contributed by atoms with van der Waals surface area (Å²) in [7, 11) is 0. The van der Waals surface area contributed by atoms with Gasteiger partial charge in [0.25, 0.3) is 0 Å². The first-order valence-electron chi connectivity index (χ1n) is 6.05. The van der Waals surface area contributed by atoms with Gasteiger partial charge in [0.1, 0.15) is 0 Å². The van der Waals surface area contributed by atoms with Crippen molar-refractivity contribution in [2.45, 2.75) is 70.1 Å². The van der Waals surface area contributed by atoms with E-state index < -0.39 is 0 Å². The number of carbonyl (C=O) groups excluding carboxylic acids is 1. The van der Waals surface area contributed by atoms with Crippen molar-refractivity contribution in [2.24, 2.45) is 5.73 Å². The highest BCUT2D eigenvalue weighted by atomic mass is 35.5. The molecule has 0 rings (SSSR count). The van der Waals surface area contributed by atoms with Crippen LogP contribution in [0.25, 0.3) is 0 Å². The zero-order valence-corrected chi connectivity index (χ0v) is 10.6. The first-order valence-corrected chi connectivity index (χ1v) is 6.49. The number of unbranched alkanes of at least 4 members (excludes halogenated alkanes) is 6. The van der Waals surface area contributed by atoms with E-state index >= 15 is 0 Å². The van der Waals surface area contributed by atoms with Crippen molar-refractivity contribution in [3.8, 4) is 0 Å². The molecule has 0 heterocycles. The van der Waals surface area contributed by atoms with Crippen LogP contribution in [0.1, 0.15) is 64.7 Å². The van der Waals surface area contributed by atoms with Crippen LogP contribution in [0.5, 0.6) is 0 Å². The van der Waals surface area contributed by atoms with Gasteiger partial charge in [-0.2, -0.15) is 0 Å². The number of carbonyl (C=O) groups is 1. The Hall–Kier alpha value is -0.240. The Balaban J connectivity index is 2.96. The second-order valence-electron chi connectivity index (χ2n) is 4.26. The lowest BCUT2D eigenvalue weighted by atomic mass is 10.1. The van der Waals surface area contributed by atoms with E-state index in [1.165, 1.54) is 32.1 Å². The summed E-state index contributed by atoms with van der Waals surface area (Å²) in [6.07, 6.45) is 10.1. The second kappa shape index (κ2) is 10.3. The smallest absolute Gasteiger partial charge is 0.217 e. The van der Waals surface area contributed by atoms with Crippen molar-refractivity contribution < 1.29 is 4.79 Å². The zero-order chi connectivity index (χ0) is 11.5. The van der Waals surface area contributed by atoms with E-state index in [1.807, 2.05) is 6.92 Å². The standard InChI is InChI=1S/C12H24ClNO/c1-11(13)9-7-5-3-2-4-6-8-10-12(14)15/h11H,2-10H2,1H3,(H2,14,15). The van der Waals surface area contributed by atoms with Crippen LogP contribution in [-0.4, -0.2) is 11.3 Å². The summed E-state index contributed by atoms with van der Waals surface area (Å²) >= 11 is 5.84. The first kappa shape index (κ1) is 14.8. The molecule has 0 radical (unpaired) electrons. The quantitative estimate of drug-likeness (QED) is 0.455. The van der Waals surface area contributed by atoms with Crippen LogP contribution in [0.3, 0.4) is 0 Å². The van der Waals surface area contributed by atoms with Gasteiger partial charge in [0.2, 0.25) is 5.91 Å². The molecule has 0 aromatic carbocycles. The van der Waals surface area contributed by atoms with Crippen LogP contribution < -0.4 is 5.73 Å². The van der Waals surface area contributed by atoms with E-state index in [0.717, 1.165) is 19.3 Å². The number of amides is 1. The molecule has 0 aromatic heterocycles. The lowest BCUT2D eigenvalue weighted by Gasteiger charge is -2.03. The van der Waals surface area contributed by atoms with Gasteiger partial charge in [-0.05, 0) is 19.8 Å². The van der Waals surface area contributed by atoms with Crippen LogP contribution in [-0.2, 0) is 4.79 Å². The molecule has 2 nitrogen and oxygen atoms in total. The molecule has 15 heavy (non-hydrogen) atoms. The number of hydrogen-bond acceptors (Lipinski definition) is 1. The van der Waals surface area contributed by atoms with E-state index in [2.05, 4.69) is 0 Å². The van der Waals surface area contributed by atoms with Gasteiger partial charge in [-0.15, -0.1) is 11.6 Å². The van der Waals surface area contributed by atoms with E-state index in [1.54, 1.807) is 0 Å². The van der Waals surface area contributed by atoms with Gasteiger partial charge < -0.3 is 5.73 Å². The summed E-state index contributed by atoms with van der Waals surface area (Å²) in [5.41, 5.74) is 5.05. The fourth-order valence-electron chi connectivity index (χ4n) is 1.61. The maximum atomic E-state index is 10.4. The molecule has 0 spiro atoms. The average molecular weight is 234 g/mol. The van der Waals surface area contributed by atoms with Gasteiger partial charge in [0, 0.05) is 11.8 Å². The molecule has 0 saturated carbocycles. The van der Waals surface area contributed by atoms with Gasteiger partial charge in [-0.3, -0.25) is 4.79 Å². The molecule has 0 aliphatic rings. The van der Waals surface area contributed by atoms with Gasteiger partial charge in [-0.25, -0.2) is 0 Å². The summed E-state index contributed by atoms with van der Waals surface area (Å²) in [6, 6.07) is 0. The first-order chi connectivity index (χ1) is 7.13. The molecular weight excluding hydrogens is 210 g/mol. The number of nitrogens with two attached hydrogens (primary N) is 1. The highest BCUT2D eigenvalue weighted by molar-refractivity contribution is 6.20. The van der Waals surface area contributed by atoms with E-state index in [0.29, 0.717) is 11.8 Å². The molecule has 1 atom stereocenters. The summed E-state index contributed by atoms with van der Waals surface area (Å²) in [5, 5.41) is 0.320. The van der Waals surface area contributed by atoms with Gasteiger partial charge >= 0.3 is 0 Å². The highest BCUT2D eigenvalue weighted by Gasteiger charge is 1.97. The Morgan fingerprint density at radius 3 is 2.00 bits per heavy atom. The molecule has 0 aromatic rings. The average Bonchev–Trinajstić information content (AvgIpc) is 2.14. The maximum absolute atomic E-state index is 10.4. The molecule has 0 aliphatic heterocycles. The van der Waals surface area contributed by atoms with Crippen LogP contribution in [0, 0.1) is 0 Å². The lowest BCUT2D eigenvalue weighted by molar-refractivity contribution is -0.118. The summed E-state index contributed by atoms with van der Waals surface area (Å²) in [6.45, 7) is 2.05. The maximum Gasteiger partial charge on any atom is 0.217 e. The Kier molecular flexibility index (Phi) is 10.1.